The lowest BCUT2D eigenvalue weighted by molar-refractivity contribution is -0.141. The average molecular weight is 464 g/mol. The van der Waals surface area contributed by atoms with E-state index in [1.165, 1.54) is 30.1 Å². The summed E-state index contributed by atoms with van der Waals surface area (Å²) in [5.74, 6) is -1.19. The number of anilines is 1. The number of halogens is 1. The van der Waals surface area contributed by atoms with Gasteiger partial charge in [-0.1, -0.05) is 49.4 Å². The molecule has 174 valence electrons. The van der Waals surface area contributed by atoms with Gasteiger partial charge >= 0.3 is 0 Å². The lowest BCUT2D eigenvalue weighted by atomic mass is 10.1. The first-order valence-electron chi connectivity index (χ1n) is 10.5. The summed E-state index contributed by atoms with van der Waals surface area (Å²) in [6.07, 6.45) is 1.63. The Kier molecular flexibility index (Phi) is 9.19. The molecule has 2 amide bonds. The molecule has 0 saturated carbocycles. The number of para-hydroxylation sites is 1. The lowest BCUT2D eigenvalue weighted by Crippen LogP contribution is -2.48. The van der Waals surface area contributed by atoms with Crippen LogP contribution in [0.1, 0.15) is 31.7 Å². The summed E-state index contributed by atoms with van der Waals surface area (Å²) in [5, 5.41) is 2.60. The van der Waals surface area contributed by atoms with Crippen LogP contribution in [-0.2, 0) is 26.2 Å². The summed E-state index contributed by atoms with van der Waals surface area (Å²) < 4.78 is 39.6. The van der Waals surface area contributed by atoms with E-state index in [0.29, 0.717) is 6.42 Å². The molecule has 0 aliphatic rings. The van der Waals surface area contributed by atoms with Crippen LogP contribution in [0.5, 0.6) is 0 Å². The Morgan fingerprint density at radius 3 is 2.25 bits per heavy atom. The normalized spacial score (nSPS) is 12.1. The summed E-state index contributed by atoms with van der Waals surface area (Å²) in [7, 11) is -2.22. The van der Waals surface area contributed by atoms with E-state index in [1.807, 2.05) is 37.3 Å². The number of hydrogen-bond donors (Lipinski definition) is 1. The summed E-state index contributed by atoms with van der Waals surface area (Å²) in [5.41, 5.74) is 0.827. The predicted molar refractivity (Wildman–Crippen MR) is 123 cm³/mol. The lowest BCUT2D eigenvalue weighted by Gasteiger charge is -2.30. The van der Waals surface area contributed by atoms with Crippen molar-refractivity contribution >= 4 is 27.5 Å². The number of likely N-dealkylation sites (N-methyl/N-ethyl adjacent to an activating group) is 1. The van der Waals surface area contributed by atoms with Crippen LogP contribution in [0.4, 0.5) is 10.1 Å². The van der Waals surface area contributed by atoms with Gasteiger partial charge in [-0.3, -0.25) is 13.9 Å². The van der Waals surface area contributed by atoms with Gasteiger partial charge in [0, 0.05) is 26.6 Å². The largest absolute Gasteiger partial charge is 0.357 e. The van der Waals surface area contributed by atoms with E-state index in [4.69, 9.17) is 0 Å². The van der Waals surface area contributed by atoms with Gasteiger partial charge in [0.2, 0.25) is 21.8 Å². The van der Waals surface area contributed by atoms with Crippen LogP contribution in [-0.4, -0.2) is 51.0 Å². The highest BCUT2D eigenvalue weighted by Crippen LogP contribution is 2.22. The highest BCUT2D eigenvalue weighted by atomic mass is 32.2. The van der Waals surface area contributed by atoms with Crippen molar-refractivity contribution in [1.29, 1.82) is 0 Å². The Hall–Kier alpha value is -2.94. The second-order valence-electron chi connectivity index (χ2n) is 7.44. The van der Waals surface area contributed by atoms with Crippen molar-refractivity contribution in [2.75, 3.05) is 24.2 Å². The number of carbonyl (C=O) groups excluding carboxylic acids is 2. The van der Waals surface area contributed by atoms with Gasteiger partial charge in [-0.2, -0.15) is 0 Å². The number of nitrogens with zero attached hydrogens (tertiary/aromatic N) is 2. The van der Waals surface area contributed by atoms with Gasteiger partial charge in [0.25, 0.3) is 0 Å². The van der Waals surface area contributed by atoms with Crippen LogP contribution in [0.25, 0.3) is 0 Å². The smallest absolute Gasteiger partial charge is 0.242 e. The first-order chi connectivity index (χ1) is 15.2. The Labute approximate surface area is 189 Å². The zero-order chi connectivity index (χ0) is 23.7. The number of hydrogen-bond acceptors (Lipinski definition) is 4. The van der Waals surface area contributed by atoms with E-state index in [0.717, 1.165) is 16.1 Å². The first-order valence-corrected chi connectivity index (χ1v) is 12.3. The van der Waals surface area contributed by atoms with Crippen molar-refractivity contribution < 1.29 is 22.4 Å². The molecule has 2 aromatic rings. The number of rotatable bonds is 11. The molecule has 7 nitrogen and oxygen atoms in total. The number of carbonyl (C=O) groups is 2. The maximum atomic E-state index is 14.2. The van der Waals surface area contributed by atoms with E-state index in [-0.39, 0.29) is 43.4 Å². The van der Waals surface area contributed by atoms with Crippen molar-refractivity contribution in [3.8, 4) is 0 Å². The first kappa shape index (κ1) is 25.3. The molecule has 0 bridgehead atoms. The average Bonchev–Trinajstić information content (AvgIpc) is 2.76. The van der Waals surface area contributed by atoms with Crippen molar-refractivity contribution in [3.05, 3.63) is 66.0 Å². The number of amides is 2. The minimum absolute atomic E-state index is 0.0147. The van der Waals surface area contributed by atoms with Crippen molar-refractivity contribution in [3.63, 3.8) is 0 Å². The van der Waals surface area contributed by atoms with Gasteiger partial charge in [0.05, 0.1) is 11.9 Å². The quantitative estimate of drug-likeness (QED) is 0.555. The predicted octanol–water partition coefficient (Wildman–Crippen LogP) is 2.93. The van der Waals surface area contributed by atoms with E-state index >= 15 is 0 Å². The van der Waals surface area contributed by atoms with Gasteiger partial charge in [-0.25, -0.2) is 12.8 Å². The van der Waals surface area contributed by atoms with Crippen molar-refractivity contribution in [2.24, 2.45) is 0 Å². The van der Waals surface area contributed by atoms with Crippen molar-refractivity contribution in [2.45, 2.75) is 38.8 Å². The zero-order valence-electron chi connectivity index (χ0n) is 18.6. The molecular formula is C23H30FN3O4S. The Balaban J connectivity index is 2.17. The van der Waals surface area contributed by atoms with Crippen LogP contribution in [0.3, 0.4) is 0 Å². The Morgan fingerprint density at radius 2 is 1.69 bits per heavy atom. The molecule has 0 fully saturated rings. The topological polar surface area (TPSA) is 86.8 Å². The molecule has 32 heavy (non-hydrogen) atoms. The maximum absolute atomic E-state index is 14.2. The van der Waals surface area contributed by atoms with Crippen LogP contribution in [0.2, 0.25) is 0 Å². The van der Waals surface area contributed by atoms with Crippen LogP contribution >= 0.6 is 0 Å². The molecule has 2 rings (SSSR count). The van der Waals surface area contributed by atoms with Gasteiger partial charge in [0.15, 0.2) is 0 Å². The van der Waals surface area contributed by atoms with E-state index in [1.54, 1.807) is 6.07 Å². The van der Waals surface area contributed by atoms with Crippen LogP contribution < -0.4 is 9.62 Å². The third-order valence-electron chi connectivity index (χ3n) is 5.10. The minimum atomic E-state index is -3.74. The summed E-state index contributed by atoms with van der Waals surface area (Å²) >= 11 is 0. The van der Waals surface area contributed by atoms with Gasteiger partial charge in [-0.05, 0) is 30.5 Å². The molecule has 1 N–H and O–H groups in total. The fraction of sp³-hybridized carbons (Fsp3) is 0.391. The summed E-state index contributed by atoms with van der Waals surface area (Å²) in [6.45, 7) is 2.03. The molecule has 0 heterocycles. The number of sulfonamides is 1. The highest BCUT2D eigenvalue weighted by Gasteiger charge is 2.28. The molecule has 9 heteroatoms. The van der Waals surface area contributed by atoms with E-state index in [2.05, 4.69) is 5.32 Å². The SMILES string of the molecule is CCC(C(=O)NC)N(Cc1ccccc1)C(=O)CCCN(c1ccccc1F)S(C)(=O)=O. The third-order valence-corrected chi connectivity index (χ3v) is 6.28. The number of benzene rings is 2. The molecule has 0 aliphatic heterocycles. The standard InChI is InChI=1S/C23H30FN3O4S/c1-4-20(23(29)25-2)26(17-18-11-6-5-7-12-18)22(28)15-10-16-27(32(3,30)31)21-14-9-8-13-19(21)24/h5-9,11-14,20H,4,10,15-17H2,1-3H3,(H,25,29). The highest BCUT2D eigenvalue weighted by molar-refractivity contribution is 7.92. The molecule has 1 atom stereocenters. The van der Waals surface area contributed by atoms with E-state index < -0.39 is 21.9 Å². The third kappa shape index (κ3) is 6.78. The van der Waals surface area contributed by atoms with Crippen LogP contribution in [0.15, 0.2) is 54.6 Å². The summed E-state index contributed by atoms with van der Waals surface area (Å²) in [6, 6.07) is 14.3. The zero-order valence-corrected chi connectivity index (χ0v) is 19.4. The second kappa shape index (κ2) is 11.6. The van der Waals surface area contributed by atoms with Gasteiger partial charge < -0.3 is 10.2 Å². The van der Waals surface area contributed by atoms with Gasteiger partial charge in [0.1, 0.15) is 11.9 Å². The fourth-order valence-electron chi connectivity index (χ4n) is 3.50. The minimum Gasteiger partial charge on any atom is -0.357 e. The fourth-order valence-corrected chi connectivity index (χ4v) is 4.47. The number of nitrogens with one attached hydrogen (secondary N) is 1. The Morgan fingerprint density at radius 1 is 1.06 bits per heavy atom. The van der Waals surface area contributed by atoms with Crippen molar-refractivity contribution in [1.82, 2.24) is 10.2 Å². The van der Waals surface area contributed by atoms with E-state index in [9.17, 15) is 22.4 Å². The summed E-state index contributed by atoms with van der Waals surface area (Å²) in [4.78, 5) is 27.0. The second-order valence-corrected chi connectivity index (χ2v) is 9.34. The molecule has 0 spiro atoms. The molecule has 0 aliphatic carbocycles. The maximum Gasteiger partial charge on any atom is 0.242 e. The molecule has 1 unspecified atom stereocenters. The van der Waals surface area contributed by atoms with Gasteiger partial charge in [-0.15, -0.1) is 0 Å². The monoisotopic (exact) mass is 463 g/mol. The molecule has 0 radical (unpaired) electrons. The molecular weight excluding hydrogens is 433 g/mol. The molecule has 0 aromatic heterocycles. The van der Waals surface area contributed by atoms with Crippen LogP contribution in [0, 0.1) is 5.82 Å². The molecule has 0 saturated heterocycles. The Bertz CT molecular complexity index is 1010. The molecule has 2 aromatic carbocycles.